The second-order valence-electron chi connectivity index (χ2n) is 4.77. The van der Waals surface area contributed by atoms with Crippen molar-refractivity contribution in [2.24, 2.45) is 4.99 Å². The van der Waals surface area contributed by atoms with E-state index in [0.29, 0.717) is 18.1 Å². The Hall–Kier alpha value is -1.41. The number of thioether (sulfide) groups is 1. The Balaban J connectivity index is 2.43. The summed E-state index contributed by atoms with van der Waals surface area (Å²) in [6.07, 6.45) is -2.27. The number of alkyl halides is 3. The van der Waals surface area contributed by atoms with Crippen LogP contribution in [0, 0.1) is 0 Å². The highest BCUT2D eigenvalue weighted by Gasteiger charge is 2.27. The second-order valence-corrected chi connectivity index (χ2v) is 5.76. The highest BCUT2D eigenvalue weighted by molar-refractivity contribution is 7.98. The third-order valence-electron chi connectivity index (χ3n) is 2.81. The molecule has 0 aliphatic rings. The molecule has 1 aromatic carbocycles. The van der Waals surface area contributed by atoms with E-state index in [1.807, 2.05) is 18.4 Å². The monoisotopic (exact) mass is 349 g/mol. The van der Waals surface area contributed by atoms with Gasteiger partial charge in [-0.3, -0.25) is 4.99 Å². The Labute approximate surface area is 138 Å². The lowest BCUT2D eigenvalue weighted by Gasteiger charge is -2.12. The molecule has 0 fully saturated rings. The summed E-state index contributed by atoms with van der Waals surface area (Å²) in [5, 5.41) is 6.34. The number of halogens is 3. The zero-order valence-corrected chi connectivity index (χ0v) is 14.1. The number of rotatable bonds is 8. The summed E-state index contributed by atoms with van der Waals surface area (Å²) in [5.74, 6) is 1.67. The third kappa shape index (κ3) is 9.35. The Bertz CT molecular complexity index is 495. The van der Waals surface area contributed by atoms with E-state index in [2.05, 4.69) is 20.4 Å². The second kappa shape index (κ2) is 10.4. The first-order valence-electron chi connectivity index (χ1n) is 7.10. The van der Waals surface area contributed by atoms with Crippen molar-refractivity contribution >= 4 is 17.7 Å². The lowest BCUT2D eigenvalue weighted by atomic mass is 10.1. The average molecular weight is 349 g/mol. The standard InChI is InChI=1S/C15H22F3N3OS/c1-19-14(20-6-7-23-2)21-9-12-4-3-5-13(8-12)10-22-11-15(16,17)18/h3-5,8H,6-7,9-11H2,1-2H3,(H2,19,20,21). The van der Waals surface area contributed by atoms with Gasteiger partial charge in [-0.05, 0) is 17.4 Å². The van der Waals surface area contributed by atoms with Crippen molar-refractivity contribution < 1.29 is 17.9 Å². The van der Waals surface area contributed by atoms with Crippen molar-refractivity contribution in [2.75, 3.05) is 32.2 Å². The van der Waals surface area contributed by atoms with Crippen molar-refractivity contribution in [1.82, 2.24) is 10.6 Å². The first kappa shape index (κ1) is 19.6. The zero-order chi connectivity index (χ0) is 17.1. The van der Waals surface area contributed by atoms with Crippen LogP contribution in [0.2, 0.25) is 0 Å². The van der Waals surface area contributed by atoms with E-state index in [9.17, 15) is 13.2 Å². The molecule has 0 saturated heterocycles. The topological polar surface area (TPSA) is 45.7 Å². The van der Waals surface area contributed by atoms with Crippen LogP contribution in [0.15, 0.2) is 29.3 Å². The first-order valence-corrected chi connectivity index (χ1v) is 8.50. The van der Waals surface area contributed by atoms with Crippen molar-refractivity contribution in [3.8, 4) is 0 Å². The molecule has 0 bridgehead atoms. The maximum atomic E-state index is 12.1. The number of hydrogen-bond donors (Lipinski definition) is 2. The molecule has 23 heavy (non-hydrogen) atoms. The zero-order valence-electron chi connectivity index (χ0n) is 13.2. The molecular weight excluding hydrogens is 327 g/mol. The van der Waals surface area contributed by atoms with Crippen molar-refractivity contribution in [3.05, 3.63) is 35.4 Å². The number of hydrogen-bond acceptors (Lipinski definition) is 3. The number of guanidine groups is 1. The van der Waals surface area contributed by atoms with Crippen LogP contribution in [0.25, 0.3) is 0 Å². The molecule has 0 amide bonds. The number of nitrogens with one attached hydrogen (secondary N) is 2. The van der Waals surface area contributed by atoms with Gasteiger partial charge >= 0.3 is 6.18 Å². The summed E-state index contributed by atoms with van der Waals surface area (Å²) in [4.78, 5) is 4.11. The molecule has 1 aromatic rings. The first-order chi connectivity index (χ1) is 10.9. The normalized spacial score (nSPS) is 12.3. The molecule has 130 valence electrons. The van der Waals surface area contributed by atoms with Crippen LogP contribution >= 0.6 is 11.8 Å². The fourth-order valence-electron chi connectivity index (χ4n) is 1.79. The van der Waals surface area contributed by atoms with Gasteiger partial charge in [0.25, 0.3) is 0 Å². The van der Waals surface area contributed by atoms with Gasteiger partial charge in [-0.15, -0.1) is 0 Å². The maximum absolute atomic E-state index is 12.1. The molecule has 0 heterocycles. The molecule has 0 saturated carbocycles. The Morgan fingerprint density at radius 2 is 2.00 bits per heavy atom. The fourth-order valence-corrected chi connectivity index (χ4v) is 2.10. The molecule has 0 aromatic heterocycles. The minimum atomic E-state index is -4.30. The van der Waals surface area contributed by atoms with Gasteiger partial charge in [0.05, 0.1) is 6.61 Å². The van der Waals surface area contributed by atoms with Crippen molar-refractivity contribution in [1.29, 1.82) is 0 Å². The Morgan fingerprint density at radius 3 is 2.65 bits per heavy atom. The lowest BCUT2D eigenvalue weighted by Crippen LogP contribution is -2.37. The predicted molar refractivity (Wildman–Crippen MR) is 88.7 cm³/mol. The lowest BCUT2D eigenvalue weighted by molar-refractivity contribution is -0.176. The summed E-state index contributed by atoms with van der Waals surface area (Å²) in [7, 11) is 1.69. The smallest absolute Gasteiger partial charge is 0.367 e. The van der Waals surface area contributed by atoms with Crippen molar-refractivity contribution in [2.45, 2.75) is 19.3 Å². The highest BCUT2D eigenvalue weighted by atomic mass is 32.2. The minimum Gasteiger partial charge on any atom is -0.367 e. The maximum Gasteiger partial charge on any atom is 0.411 e. The molecular formula is C15H22F3N3OS. The van der Waals surface area contributed by atoms with E-state index in [1.165, 1.54) is 0 Å². The van der Waals surface area contributed by atoms with E-state index in [-0.39, 0.29) is 6.61 Å². The highest BCUT2D eigenvalue weighted by Crippen LogP contribution is 2.16. The van der Waals surface area contributed by atoms with E-state index >= 15 is 0 Å². The largest absolute Gasteiger partial charge is 0.411 e. The minimum absolute atomic E-state index is 0.0615. The van der Waals surface area contributed by atoms with E-state index in [1.54, 1.807) is 30.9 Å². The van der Waals surface area contributed by atoms with Gasteiger partial charge in [0.1, 0.15) is 6.61 Å². The van der Waals surface area contributed by atoms with Gasteiger partial charge in [0, 0.05) is 25.9 Å². The number of nitrogens with zero attached hydrogens (tertiary/aromatic N) is 1. The molecule has 0 radical (unpaired) electrons. The van der Waals surface area contributed by atoms with E-state index in [0.717, 1.165) is 17.9 Å². The summed E-state index contributed by atoms with van der Waals surface area (Å²) >= 11 is 1.74. The van der Waals surface area contributed by atoms with Gasteiger partial charge in [0.2, 0.25) is 0 Å². The molecule has 2 N–H and O–H groups in total. The quantitative estimate of drug-likeness (QED) is 0.430. The molecule has 0 aliphatic heterocycles. The van der Waals surface area contributed by atoms with Crippen LogP contribution in [0.5, 0.6) is 0 Å². The van der Waals surface area contributed by atoms with Crippen LogP contribution in [0.3, 0.4) is 0 Å². The summed E-state index contributed by atoms with van der Waals surface area (Å²) in [6, 6.07) is 7.26. The van der Waals surface area contributed by atoms with E-state index < -0.39 is 12.8 Å². The number of aliphatic imine (C=N–C) groups is 1. The summed E-state index contributed by atoms with van der Waals surface area (Å²) in [5.41, 5.74) is 1.66. The summed E-state index contributed by atoms with van der Waals surface area (Å²) < 4.78 is 40.8. The molecule has 0 atom stereocenters. The van der Waals surface area contributed by atoms with Crippen LogP contribution < -0.4 is 10.6 Å². The van der Waals surface area contributed by atoms with Crippen LogP contribution in [-0.2, 0) is 17.9 Å². The van der Waals surface area contributed by atoms with Crippen molar-refractivity contribution in [3.63, 3.8) is 0 Å². The SMILES string of the molecule is CN=C(NCCSC)NCc1cccc(COCC(F)(F)F)c1. The summed E-state index contributed by atoms with van der Waals surface area (Å²) in [6.45, 7) is 0.0493. The molecule has 0 unspecified atom stereocenters. The molecule has 4 nitrogen and oxygen atoms in total. The van der Waals surface area contributed by atoms with Gasteiger partial charge in [-0.2, -0.15) is 24.9 Å². The van der Waals surface area contributed by atoms with Crippen LogP contribution in [0.1, 0.15) is 11.1 Å². The van der Waals surface area contributed by atoms with Gasteiger partial charge in [-0.1, -0.05) is 24.3 Å². The van der Waals surface area contributed by atoms with Gasteiger partial charge in [0.15, 0.2) is 5.96 Å². The van der Waals surface area contributed by atoms with Gasteiger partial charge < -0.3 is 15.4 Å². The third-order valence-corrected chi connectivity index (χ3v) is 3.42. The van der Waals surface area contributed by atoms with Gasteiger partial charge in [-0.25, -0.2) is 0 Å². The average Bonchev–Trinajstić information content (AvgIpc) is 2.50. The predicted octanol–water partition coefficient (Wildman–Crippen LogP) is 2.79. The number of ether oxygens (including phenoxy) is 1. The Kier molecular flexibility index (Phi) is 8.86. The number of benzene rings is 1. The van der Waals surface area contributed by atoms with E-state index in [4.69, 9.17) is 0 Å². The molecule has 0 spiro atoms. The molecule has 1 rings (SSSR count). The van der Waals surface area contributed by atoms with Crippen LogP contribution in [0.4, 0.5) is 13.2 Å². The Morgan fingerprint density at radius 1 is 1.26 bits per heavy atom. The molecule has 0 aliphatic carbocycles. The fraction of sp³-hybridized carbons (Fsp3) is 0.533. The van der Waals surface area contributed by atoms with Crippen LogP contribution in [-0.4, -0.2) is 44.3 Å². The molecule has 8 heteroatoms.